The number of carbonyl (C=O) groups is 1. The summed E-state index contributed by atoms with van der Waals surface area (Å²) < 4.78 is 0. The second kappa shape index (κ2) is 10.9. The number of hydrogen-bond donors (Lipinski definition) is 1. The summed E-state index contributed by atoms with van der Waals surface area (Å²) in [5.41, 5.74) is 6.66. The van der Waals surface area contributed by atoms with Crippen LogP contribution in [0, 0.1) is 5.92 Å². The molecule has 2 aliphatic carbocycles. The molecule has 3 aromatic carbocycles. The fourth-order valence-electron chi connectivity index (χ4n) is 7.29. The zero-order valence-electron chi connectivity index (χ0n) is 22.6. The summed E-state index contributed by atoms with van der Waals surface area (Å²) in [5, 5.41) is 3.09. The third kappa shape index (κ3) is 4.97. The number of aryl methyl sites for hydroxylation is 1. The molecule has 2 fully saturated rings. The molecule has 0 radical (unpaired) electrons. The third-order valence-corrected chi connectivity index (χ3v) is 9.56. The van der Waals surface area contributed by atoms with Crippen molar-refractivity contribution in [2.45, 2.75) is 62.8 Å². The summed E-state index contributed by atoms with van der Waals surface area (Å²) in [7, 11) is 0. The number of piperidine rings is 1. The normalized spacial score (nSPS) is 26.5. The Bertz CT molecular complexity index is 1280. The molecule has 196 valence electrons. The van der Waals surface area contributed by atoms with Gasteiger partial charge in [-0.25, -0.2) is 0 Å². The molecular formula is C35H40N2O. The van der Waals surface area contributed by atoms with Gasteiger partial charge in [0.25, 0.3) is 5.91 Å². The second-order valence-electron chi connectivity index (χ2n) is 11.7. The SMILES string of the molecule is C[C@H]1CN(C2CCC(c3ccc(C(=O)NCCCc4ccccc4)cc3)C2)CCC12C=Cc1ccccc12. The number of amides is 1. The van der Waals surface area contributed by atoms with E-state index in [1.54, 1.807) is 0 Å². The van der Waals surface area contributed by atoms with Crippen LogP contribution in [-0.2, 0) is 11.8 Å². The molecule has 3 nitrogen and oxygen atoms in total. The van der Waals surface area contributed by atoms with Crippen LogP contribution in [0.5, 0.6) is 0 Å². The molecule has 3 heteroatoms. The van der Waals surface area contributed by atoms with E-state index in [0.717, 1.165) is 18.4 Å². The number of fused-ring (bicyclic) bond motifs is 2. The van der Waals surface area contributed by atoms with Crippen molar-refractivity contribution in [3.63, 3.8) is 0 Å². The molecule has 1 N–H and O–H groups in total. The van der Waals surface area contributed by atoms with Crippen molar-refractivity contribution in [2.75, 3.05) is 19.6 Å². The molecule has 1 amide bonds. The predicted octanol–water partition coefficient (Wildman–Crippen LogP) is 6.99. The second-order valence-corrected chi connectivity index (χ2v) is 11.7. The van der Waals surface area contributed by atoms with E-state index in [9.17, 15) is 4.79 Å². The molecule has 1 heterocycles. The minimum Gasteiger partial charge on any atom is -0.352 e. The first kappa shape index (κ1) is 25.1. The molecule has 3 aliphatic rings. The van der Waals surface area contributed by atoms with Gasteiger partial charge in [-0.05, 0) is 91.3 Å². The Hall–Kier alpha value is -3.17. The number of allylic oxidation sites excluding steroid dienone is 1. The Balaban J connectivity index is 0.996. The van der Waals surface area contributed by atoms with E-state index in [-0.39, 0.29) is 11.3 Å². The van der Waals surface area contributed by atoms with E-state index in [0.29, 0.717) is 24.4 Å². The molecule has 3 unspecified atom stereocenters. The zero-order chi connectivity index (χ0) is 26.0. The lowest BCUT2D eigenvalue weighted by atomic mass is 9.68. The number of nitrogens with one attached hydrogen (secondary N) is 1. The first-order valence-corrected chi connectivity index (χ1v) is 14.6. The standard InChI is InChI=1S/C35H40N2O/c1-26-25-37(23-21-35(26)20-19-29-11-5-6-12-33(29)35)32-18-17-31(24-32)28-13-15-30(16-14-28)34(38)36-22-7-10-27-8-3-2-4-9-27/h2-6,8-9,11-16,19-20,26,31-32H,7,10,17-18,21-25H2,1H3,(H,36,38)/t26-,31?,32?,35?/m0/s1. The van der Waals surface area contributed by atoms with E-state index < -0.39 is 0 Å². The van der Waals surface area contributed by atoms with Gasteiger partial charge in [-0.1, -0.05) is 85.8 Å². The Morgan fingerprint density at radius 1 is 0.974 bits per heavy atom. The quantitative estimate of drug-likeness (QED) is 0.352. The van der Waals surface area contributed by atoms with Gasteiger partial charge in [0.1, 0.15) is 0 Å². The molecule has 1 saturated carbocycles. The smallest absolute Gasteiger partial charge is 0.251 e. The fourth-order valence-corrected chi connectivity index (χ4v) is 7.29. The van der Waals surface area contributed by atoms with Gasteiger partial charge in [0.2, 0.25) is 0 Å². The maximum atomic E-state index is 12.6. The lowest BCUT2D eigenvalue weighted by molar-refractivity contribution is 0.0898. The van der Waals surface area contributed by atoms with E-state index >= 15 is 0 Å². The van der Waals surface area contributed by atoms with E-state index in [4.69, 9.17) is 0 Å². The van der Waals surface area contributed by atoms with E-state index in [1.807, 2.05) is 18.2 Å². The molecule has 1 saturated heterocycles. The summed E-state index contributed by atoms with van der Waals surface area (Å²) in [6.45, 7) is 5.52. The van der Waals surface area contributed by atoms with Gasteiger partial charge in [-0.2, -0.15) is 0 Å². The average Bonchev–Trinajstić information content (AvgIpc) is 3.60. The summed E-state index contributed by atoms with van der Waals surface area (Å²) >= 11 is 0. The van der Waals surface area contributed by atoms with Crippen molar-refractivity contribution < 1.29 is 4.79 Å². The van der Waals surface area contributed by atoms with Gasteiger partial charge in [0.05, 0.1) is 0 Å². The summed E-state index contributed by atoms with van der Waals surface area (Å²) in [5.74, 6) is 1.26. The summed E-state index contributed by atoms with van der Waals surface area (Å²) in [4.78, 5) is 15.4. The van der Waals surface area contributed by atoms with Crippen molar-refractivity contribution in [1.29, 1.82) is 0 Å². The number of hydrogen-bond acceptors (Lipinski definition) is 2. The van der Waals surface area contributed by atoms with Gasteiger partial charge in [0, 0.05) is 30.1 Å². The highest BCUT2D eigenvalue weighted by Gasteiger charge is 2.45. The molecule has 6 rings (SSSR count). The molecular weight excluding hydrogens is 464 g/mol. The van der Waals surface area contributed by atoms with Crippen LogP contribution in [0.4, 0.5) is 0 Å². The molecule has 1 aliphatic heterocycles. The monoisotopic (exact) mass is 504 g/mol. The lowest BCUT2D eigenvalue weighted by Crippen LogP contribution is -2.50. The van der Waals surface area contributed by atoms with Gasteiger partial charge in [0.15, 0.2) is 0 Å². The summed E-state index contributed by atoms with van der Waals surface area (Å²) in [6.07, 6.45) is 11.8. The van der Waals surface area contributed by atoms with E-state index in [2.05, 4.69) is 90.0 Å². The maximum absolute atomic E-state index is 12.6. The molecule has 0 aromatic heterocycles. The highest BCUT2D eigenvalue weighted by molar-refractivity contribution is 5.94. The Kier molecular flexibility index (Phi) is 7.21. The zero-order valence-corrected chi connectivity index (χ0v) is 22.6. The van der Waals surface area contributed by atoms with Gasteiger partial charge >= 0.3 is 0 Å². The predicted molar refractivity (Wildman–Crippen MR) is 156 cm³/mol. The van der Waals surface area contributed by atoms with Gasteiger partial charge in [-0.3, -0.25) is 4.79 Å². The first-order valence-electron chi connectivity index (χ1n) is 14.6. The Morgan fingerprint density at radius 3 is 2.58 bits per heavy atom. The van der Waals surface area contributed by atoms with Crippen LogP contribution in [0.2, 0.25) is 0 Å². The number of rotatable bonds is 7. The molecule has 1 spiro atoms. The van der Waals surface area contributed by atoms with Crippen LogP contribution >= 0.6 is 0 Å². The van der Waals surface area contributed by atoms with E-state index in [1.165, 1.54) is 61.0 Å². The van der Waals surface area contributed by atoms with Crippen LogP contribution in [0.1, 0.15) is 77.6 Å². The number of nitrogens with zero attached hydrogens (tertiary/aromatic N) is 1. The highest BCUT2D eigenvalue weighted by atomic mass is 16.1. The minimum atomic E-state index is 0.0349. The van der Waals surface area contributed by atoms with Crippen molar-refractivity contribution in [3.05, 3.63) is 113 Å². The summed E-state index contributed by atoms with van der Waals surface area (Å²) in [6, 6.07) is 28.5. The third-order valence-electron chi connectivity index (χ3n) is 9.56. The van der Waals surface area contributed by atoms with Crippen LogP contribution in [0.25, 0.3) is 6.08 Å². The van der Waals surface area contributed by atoms with Gasteiger partial charge < -0.3 is 10.2 Å². The average molecular weight is 505 g/mol. The topological polar surface area (TPSA) is 32.3 Å². The highest BCUT2D eigenvalue weighted by Crippen LogP contribution is 2.48. The number of carbonyl (C=O) groups excluding carboxylic acids is 1. The number of benzene rings is 3. The largest absolute Gasteiger partial charge is 0.352 e. The Labute approximate surface area is 228 Å². The Morgan fingerprint density at radius 2 is 1.76 bits per heavy atom. The van der Waals surface area contributed by atoms with Crippen LogP contribution in [0.3, 0.4) is 0 Å². The fraction of sp³-hybridized carbons (Fsp3) is 0.400. The first-order chi connectivity index (χ1) is 18.6. The lowest BCUT2D eigenvalue weighted by Gasteiger charge is -2.46. The van der Waals surface area contributed by atoms with Crippen molar-refractivity contribution >= 4 is 12.0 Å². The van der Waals surface area contributed by atoms with Crippen molar-refractivity contribution in [2.24, 2.45) is 5.92 Å². The molecule has 0 bridgehead atoms. The van der Waals surface area contributed by atoms with Gasteiger partial charge in [-0.15, -0.1) is 0 Å². The van der Waals surface area contributed by atoms with Crippen LogP contribution in [-0.4, -0.2) is 36.5 Å². The molecule has 38 heavy (non-hydrogen) atoms. The molecule has 4 atom stereocenters. The van der Waals surface area contributed by atoms with Crippen molar-refractivity contribution in [1.82, 2.24) is 10.2 Å². The van der Waals surface area contributed by atoms with Crippen LogP contribution in [0.15, 0.2) is 84.9 Å². The maximum Gasteiger partial charge on any atom is 0.251 e. The van der Waals surface area contributed by atoms with Crippen LogP contribution < -0.4 is 5.32 Å². The minimum absolute atomic E-state index is 0.0349. The molecule has 3 aromatic rings. The number of likely N-dealkylation sites (tertiary alicyclic amines) is 1. The van der Waals surface area contributed by atoms with Crippen molar-refractivity contribution in [3.8, 4) is 0 Å².